The third kappa shape index (κ3) is 1.96. The quantitative estimate of drug-likeness (QED) is 0.677. The molecule has 1 atom stereocenters. The van der Waals surface area contributed by atoms with E-state index in [-0.39, 0.29) is 0 Å². The molecule has 1 N–H and O–H groups in total. The standard InChI is InChI=1S/C7H10BrNO2/c1-5-4-9(7(10)11)3-2-6(5)8/h2,5H,3-4H2,1H3,(H,10,11). The van der Waals surface area contributed by atoms with Crippen molar-refractivity contribution in [2.75, 3.05) is 13.1 Å². The Labute approximate surface area is 73.8 Å². The van der Waals surface area contributed by atoms with Crippen molar-refractivity contribution in [1.29, 1.82) is 0 Å². The number of hydrogen-bond acceptors (Lipinski definition) is 1. The molecule has 0 bridgehead atoms. The van der Waals surface area contributed by atoms with E-state index in [1.54, 1.807) is 0 Å². The van der Waals surface area contributed by atoms with Crippen LogP contribution in [-0.4, -0.2) is 29.2 Å². The maximum Gasteiger partial charge on any atom is 0.407 e. The Morgan fingerprint density at radius 1 is 1.91 bits per heavy atom. The average Bonchev–Trinajstić information content (AvgIpc) is 1.94. The lowest BCUT2D eigenvalue weighted by atomic mass is 10.1. The van der Waals surface area contributed by atoms with Crippen LogP contribution >= 0.6 is 15.9 Å². The molecule has 0 saturated heterocycles. The van der Waals surface area contributed by atoms with Gasteiger partial charge in [-0.05, 0) is 4.48 Å². The second-order valence-corrected chi connectivity index (χ2v) is 3.59. The van der Waals surface area contributed by atoms with E-state index in [4.69, 9.17) is 5.11 Å². The van der Waals surface area contributed by atoms with E-state index in [0.29, 0.717) is 19.0 Å². The van der Waals surface area contributed by atoms with Crippen molar-refractivity contribution in [3.8, 4) is 0 Å². The molecule has 3 nitrogen and oxygen atoms in total. The first-order valence-electron chi connectivity index (χ1n) is 3.44. The Balaban J connectivity index is 2.62. The van der Waals surface area contributed by atoms with Crippen molar-refractivity contribution < 1.29 is 9.90 Å². The molecule has 0 spiro atoms. The number of rotatable bonds is 0. The molecule has 1 aliphatic heterocycles. The van der Waals surface area contributed by atoms with Crippen LogP contribution < -0.4 is 0 Å². The summed E-state index contributed by atoms with van der Waals surface area (Å²) < 4.78 is 1.11. The lowest BCUT2D eigenvalue weighted by Crippen LogP contribution is -2.36. The molecule has 1 aliphatic rings. The molecule has 1 heterocycles. The second-order valence-electron chi connectivity index (χ2n) is 2.68. The Morgan fingerprint density at radius 2 is 2.55 bits per heavy atom. The fourth-order valence-electron chi connectivity index (χ4n) is 1.05. The van der Waals surface area contributed by atoms with Gasteiger partial charge in [-0.1, -0.05) is 28.9 Å². The minimum atomic E-state index is -0.840. The molecule has 4 heteroatoms. The zero-order valence-corrected chi connectivity index (χ0v) is 7.84. The van der Waals surface area contributed by atoms with Gasteiger partial charge in [0.1, 0.15) is 0 Å². The Hall–Kier alpha value is -0.510. The first kappa shape index (κ1) is 8.59. The van der Waals surface area contributed by atoms with Crippen molar-refractivity contribution in [3.63, 3.8) is 0 Å². The summed E-state index contributed by atoms with van der Waals surface area (Å²) in [7, 11) is 0. The SMILES string of the molecule is CC1CN(C(=O)O)CC=C1Br. The molecule has 0 aromatic carbocycles. The van der Waals surface area contributed by atoms with Crippen LogP contribution in [0.2, 0.25) is 0 Å². The molecule has 0 aromatic rings. The van der Waals surface area contributed by atoms with E-state index < -0.39 is 6.09 Å². The second kappa shape index (κ2) is 3.26. The minimum absolute atomic E-state index is 0.292. The third-order valence-corrected chi connectivity index (χ3v) is 2.85. The topological polar surface area (TPSA) is 40.5 Å². The number of carboxylic acid groups (broad SMARTS) is 1. The van der Waals surface area contributed by atoms with Gasteiger partial charge in [-0.15, -0.1) is 0 Å². The molecule has 1 amide bonds. The van der Waals surface area contributed by atoms with Gasteiger partial charge in [0.25, 0.3) is 0 Å². The fourth-order valence-corrected chi connectivity index (χ4v) is 1.34. The highest BCUT2D eigenvalue weighted by molar-refractivity contribution is 9.11. The molecule has 0 aromatic heterocycles. The largest absolute Gasteiger partial charge is 0.465 e. The summed E-state index contributed by atoms with van der Waals surface area (Å²) >= 11 is 3.37. The molecule has 0 saturated carbocycles. The number of amides is 1. The predicted octanol–water partition coefficient (Wildman–Crippen LogP) is 1.89. The summed E-state index contributed by atoms with van der Waals surface area (Å²) in [6, 6.07) is 0. The molecular formula is C7H10BrNO2. The summed E-state index contributed by atoms with van der Waals surface area (Å²) in [6.45, 7) is 3.09. The van der Waals surface area contributed by atoms with Gasteiger partial charge in [0, 0.05) is 19.0 Å². The van der Waals surface area contributed by atoms with Gasteiger partial charge in [0.05, 0.1) is 0 Å². The smallest absolute Gasteiger partial charge is 0.407 e. The molecule has 0 fully saturated rings. The van der Waals surface area contributed by atoms with Crippen LogP contribution in [0.5, 0.6) is 0 Å². The van der Waals surface area contributed by atoms with Crippen LogP contribution in [0.1, 0.15) is 6.92 Å². The van der Waals surface area contributed by atoms with Gasteiger partial charge in [0.15, 0.2) is 0 Å². The van der Waals surface area contributed by atoms with E-state index in [9.17, 15) is 4.79 Å². The summed E-state index contributed by atoms with van der Waals surface area (Å²) in [5, 5.41) is 8.62. The van der Waals surface area contributed by atoms with Crippen LogP contribution in [0, 0.1) is 5.92 Å². The third-order valence-electron chi connectivity index (χ3n) is 1.74. The Morgan fingerprint density at radius 3 is 3.00 bits per heavy atom. The van der Waals surface area contributed by atoms with Crippen molar-refractivity contribution in [2.45, 2.75) is 6.92 Å². The molecular weight excluding hydrogens is 210 g/mol. The molecule has 11 heavy (non-hydrogen) atoms. The average molecular weight is 220 g/mol. The van der Waals surface area contributed by atoms with Gasteiger partial charge < -0.3 is 10.0 Å². The summed E-state index contributed by atoms with van der Waals surface area (Å²) in [5.41, 5.74) is 0. The number of hydrogen-bond donors (Lipinski definition) is 1. The van der Waals surface area contributed by atoms with Gasteiger partial charge >= 0.3 is 6.09 Å². The maximum atomic E-state index is 10.5. The van der Waals surface area contributed by atoms with Gasteiger partial charge in [-0.3, -0.25) is 0 Å². The highest BCUT2D eigenvalue weighted by Crippen LogP contribution is 2.22. The van der Waals surface area contributed by atoms with Crippen molar-refractivity contribution >= 4 is 22.0 Å². The maximum absolute atomic E-state index is 10.5. The van der Waals surface area contributed by atoms with Crippen LogP contribution in [0.25, 0.3) is 0 Å². The van der Waals surface area contributed by atoms with Crippen LogP contribution in [0.4, 0.5) is 4.79 Å². The van der Waals surface area contributed by atoms with Crippen LogP contribution in [0.15, 0.2) is 10.6 Å². The highest BCUT2D eigenvalue weighted by atomic mass is 79.9. The van der Waals surface area contributed by atoms with Crippen molar-refractivity contribution in [3.05, 3.63) is 10.6 Å². The van der Waals surface area contributed by atoms with E-state index >= 15 is 0 Å². The normalized spacial score (nSPS) is 24.7. The Bertz CT molecular complexity index is 203. The fraction of sp³-hybridized carbons (Fsp3) is 0.571. The molecule has 0 aliphatic carbocycles. The monoisotopic (exact) mass is 219 g/mol. The molecule has 1 unspecified atom stereocenters. The van der Waals surface area contributed by atoms with E-state index in [2.05, 4.69) is 15.9 Å². The van der Waals surface area contributed by atoms with Gasteiger partial charge in [0.2, 0.25) is 0 Å². The number of nitrogens with zero attached hydrogens (tertiary/aromatic N) is 1. The van der Waals surface area contributed by atoms with Crippen molar-refractivity contribution in [1.82, 2.24) is 4.90 Å². The predicted molar refractivity (Wildman–Crippen MR) is 45.8 cm³/mol. The first-order valence-corrected chi connectivity index (χ1v) is 4.24. The van der Waals surface area contributed by atoms with Gasteiger partial charge in [-0.25, -0.2) is 4.79 Å². The van der Waals surface area contributed by atoms with Crippen LogP contribution in [-0.2, 0) is 0 Å². The summed E-state index contributed by atoms with van der Waals surface area (Å²) in [6.07, 6.45) is 1.05. The summed E-state index contributed by atoms with van der Waals surface area (Å²) in [5.74, 6) is 0.292. The van der Waals surface area contributed by atoms with E-state index in [0.717, 1.165) is 4.48 Å². The Kier molecular flexibility index (Phi) is 2.54. The number of halogens is 1. The van der Waals surface area contributed by atoms with E-state index in [1.807, 2.05) is 13.0 Å². The summed E-state index contributed by atoms with van der Waals surface area (Å²) in [4.78, 5) is 11.9. The zero-order chi connectivity index (χ0) is 8.43. The van der Waals surface area contributed by atoms with Gasteiger partial charge in [-0.2, -0.15) is 0 Å². The van der Waals surface area contributed by atoms with Crippen LogP contribution in [0.3, 0.4) is 0 Å². The lowest BCUT2D eigenvalue weighted by Gasteiger charge is -2.26. The minimum Gasteiger partial charge on any atom is -0.465 e. The molecule has 62 valence electrons. The van der Waals surface area contributed by atoms with Crippen molar-refractivity contribution in [2.24, 2.45) is 5.92 Å². The lowest BCUT2D eigenvalue weighted by molar-refractivity contribution is 0.144. The zero-order valence-electron chi connectivity index (χ0n) is 6.25. The molecule has 0 radical (unpaired) electrons. The molecule has 1 rings (SSSR count). The number of carbonyl (C=O) groups is 1. The van der Waals surface area contributed by atoms with E-state index in [1.165, 1.54) is 4.90 Å². The first-order chi connectivity index (χ1) is 5.11. The highest BCUT2D eigenvalue weighted by Gasteiger charge is 2.20.